The summed E-state index contributed by atoms with van der Waals surface area (Å²) in [7, 11) is 0. The summed E-state index contributed by atoms with van der Waals surface area (Å²) in [6, 6.07) is 5.78. The maximum atomic E-state index is 14.8. The molecule has 3 aliphatic rings. The number of pyridine rings is 1. The predicted octanol–water partition coefficient (Wildman–Crippen LogP) is 4.48. The van der Waals surface area contributed by atoms with Crippen molar-refractivity contribution in [2.75, 3.05) is 13.1 Å². The van der Waals surface area contributed by atoms with Gasteiger partial charge in [0.15, 0.2) is 0 Å². The molecule has 0 aliphatic carbocycles. The quantitative estimate of drug-likeness (QED) is 0.613. The van der Waals surface area contributed by atoms with Crippen molar-refractivity contribution in [1.29, 1.82) is 0 Å². The Morgan fingerprint density at radius 1 is 1.11 bits per heavy atom. The lowest BCUT2D eigenvalue weighted by Crippen LogP contribution is -2.31. The molecule has 2 N–H and O–H groups in total. The van der Waals surface area contributed by atoms with E-state index >= 15 is 0 Å². The maximum Gasteiger partial charge on any atom is 0.286 e. The molecular formula is C26H27F4N5. The lowest BCUT2D eigenvalue weighted by atomic mass is 9.99. The second-order valence-corrected chi connectivity index (χ2v) is 9.59. The molecule has 2 saturated heterocycles. The van der Waals surface area contributed by atoms with Crippen molar-refractivity contribution >= 4 is 5.71 Å². The van der Waals surface area contributed by atoms with Crippen molar-refractivity contribution in [3.63, 3.8) is 0 Å². The fourth-order valence-electron chi connectivity index (χ4n) is 5.07. The van der Waals surface area contributed by atoms with Gasteiger partial charge in [-0.1, -0.05) is 6.58 Å². The van der Waals surface area contributed by atoms with Crippen LogP contribution in [0.4, 0.5) is 17.6 Å². The van der Waals surface area contributed by atoms with Crippen LogP contribution >= 0.6 is 0 Å². The first kappa shape index (κ1) is 23.5. The Morgan fingerprint density at radius 2 is 1.86 bits per heavy atom. The van der Waals surface area contributed by atoms with Crippen molar-refractivity contribution in [1.82, 2.24) is 14.8 Å². The number of hydrogen-bond acceptors (Lipinski definition) is 5. The molecule has 2 fully saturated rings. The summed E-state index contributed by atoms with van der Waals surface area (Å²) in [6.45, 7) is 6.43. The van der Waals surface area contributed by atoms with Gasteiger partial charge in [-0.3, -0.25) is 4.98 Å². The first-order valence-electron chi connectivity index (χ1n) is 11.7. The number of alkyl halides is 2. The third kappa shape index (κ3) is 4.69. The molecule has 0 saturated carbocycles. The molecule has 4 heterocycles. The number of nitrogens with two attached hydrogens (primary N) is 1. The van der Waals surface area contributed by atoms with Gasteiger partial charge in [-0.2, -0.15) is 8.78 Å². The number of aryl methyl sites for hydroxylation is 1. The van der Waals surface area contributed by atoms with Gasteiger partial charge in [0, 0.05) is 62.1 Å². The molecule has 0 amide bonds. The summed E-state index contributed by atoms with van der Waals surface area (Å²) < 4.78 is 56.8. The fraction of sp³-hybridized carbons (Fsp3) is 0.385. The van der Waals surface area contributed by atoms with Crippen LogP contribution in [-0.4, -0.2) is 45.7 Å². The zero-order chi connectivity index (χ0) is 24.9. The van der Waals surface area contributed by atoms with Gasteiger partial charge in [-0.25, -0.2) is 13.8 Å². The molecule has 2 unspecified atom stereocenters. The van der Waals surface area contributed by atoms with Crippen LogP contribution in [0.25, 0.3) is 0 Å². The molecule has 3 aliphatic heterocycles. The van der Waals surface area contributed by atoms with Crippen molar-refractivity contribution < 1.29 is 17.6 Å². The van der Waals surface area contributed by atoms with E-state index in [1.807, 2.05) is 6.08 Å². The van der Waals surface area contributed by atoms with Crippen LogP contribution in [0.3, 0.4) is 0 Å². The number of fused-ring (bicyclic) bond motifs is 3. The van der Waals surface area contributed by atoms with E-state index in [9.17, 15) is 17.6 Å². The highest BCUT2D eigenvalue weighted by Gasteiger charge is 2.42. The van der Waals surface area contributed by atoms with E-state index < -0.39 is 23.3 Å². The lowest BCUT2D eigenvalue weighted by Gasteiger charge is -2.27. The first-order valence-corrected chi connectivity index (χ1v) is 11.7. The molecular weight excluding hydrogens is 458 g/mol. The van der Waals surface area contributed by atoms with Gasteiger partial charge < -0.3 is 15.5 Å². The van der Waals surface area contributed by atoms with Crippen LogP contribution < -0.4 is 5.73 Å². The summed E-state index contributed by atoms with van der Waals surface area (Å²) in [4.78, 5) is 12.6. The first-order chi connectivity index (χ1) is 16.6. The minimum absolute atomic E-state index is 0.142. The van der Waals surface area contributed by atoms with E-state index in [2.05, 4.69) is 26.4 Å². The smallest absolute Gasteiger partial charge is 0.286 e. The van der Waals surface area contributed by atoms with Crippen molar-refractivity contribution in [3.05, 3.63) is 88.8 Å². The Morgan fingerprint density at radius 3 is 2.57 bits per heavy atom. The topological polar surface area (TPSA) is 57.8 Å². The molecule has 2 atom stereocenters. The van der Waals surface area contributed by atoms with Gasteiger partial charge in [0.05, 0.1) is 0 Å². The van der Waals surface area contributed by atoms with Crippen LogP contribution in [0.5, 0.6) is 0 Å². The van der Waals surface area contributed by atoms with E-state index in [1.165, 1.54) is 30.5 Å². The zero-order valence-corrected chi connectivity index (χ0v) is 19.4. The van der Waals surface area contributed by atoms with Crippen molar-refractivity contribution in [2.24, 2.45) is 10.7 Å². The number of aliphatic imine (C=N–C) groups is 1. The van der Waals surface area contributed by atoms with Crippen LogP contribution in [0, 0.1) is 11.6 Å². The molecule has 5 rings (SSSR count). The van der Waals surface area contributed by atoms with E-state index in [-0.39, 0.29) is 18.0 Å². The number of nitrogens with zero attached hydrogens (tertiary/aromatic N) is 4. The van der Waals surface area contributed by atoms with Gasteiger partial charge in [0.2, 0.25) is 0 Å². The maximum absolute atomic E-state index is 14.8. The fourth-order valence-corrected chi connectivity index (χ4v) is 5.07. The second kappa shape index (κ2) is 8.78. The minimum Gasteiger partial charge on any atom is -0.352 e. The summed E-state index contributed by atoms with van der Waals surface area (Å²) in [6.07, 6.45) is 4.93. The Bertz CT molecular complexity index is 1210. The second-order valence-electron chi connectivity index (χ2n) is 9.59. The van der Waals surface area contributed by atoms with Gasteiger partial charge in [0.25, 0.3) is 5.92 Å². The van der Waals surface area contributed by atoms with E-state index in [0.29, 0.717) is 35.8 Å². The molecule has 9 heteroatoms. The molecule has 1 aromatic carbocycles. The van der Waals surface area contributed by atoms with E-state index in [4.69, 9.17) is 5.73 Å². The van der Waals surface area contributed by atoms with Crippen LogP contribution in [0.1, 0.15) is 42.1 Å². The van der Waals surface area contributed by atoms with E-state index in [1.54, 1.807) is 0 Å². The zero-order valence-electron chi connectivity index (χ0n) is 19.4. The number of rotatable bonds is 6. The Hall–Kier alpha value is -3.20. The Kier molecular flexibility index (Phi) is 5.91. The normalized spacial score (nSPS) is 21.7. The Labute approximate surface area is 201 Å². The molecule has 0 spiro atoms. The molecule has 1 aromatic heterocycles. The number of halogens is 4. The summed E-state index contributed by atoms with van der Waals surface area (Å²) in [5.74, 6) is -2.82. The van der Waals surface area contributed by atoms with Gasteiger partial charge in [-0.15, -0.1) is 0 Å². The largest absolute Gasteiger partial charge is 0.352 e. The number of hydrogen-bond donors (Lipinski definition) is 1. The predicted molar refractivity (Wildman–Crippen MR) is 126 cm³/mol. The lowest BCUT2D eigenvalue weighted by molar-refractivity contribution is 0.0127. The van der Waals surface area contributed by atoms with E-state index in [0.717, 1.165) is 38.0 Å². The Balaban J connectivity index is 1.29. The molecule has 0 bridgehead atoms. The summed E-state index contributed by atoms with van der Waals surface area (Å²) >= 11 is 0. The molecule has 2 aromatic rings. The monoisotopic (exact) mass is 485 g/mol. The summed E-state index contributed by atoms with van der Waals surface area (Å²) in [5.41, 5.74) is 7.20. The van der Waals surface area contributed by atoms with Crippen LogP contribution in [0.15, 0.2) is 59.8 Å². The number of benzene rings is 1. The average molecular weight is 486 g/mol. The molecule has 35 heavy (non-hydrogen) atoms. The highest BCUT2D eigenvalue weighted by Crippen LogP contribution is 2.36. The number of aromatic nitrogens is 1. The van der Waals surface area contributed by atoms with Crippen molar-refractivity contribution in [3.8, 4) is 0 Å². The van der Waals surface area contributed by atoms with Crippen LogP contribution in [-0.2, 0) is 18.8 Å². The van der Waals surface area contributed by atoms with Crippen LogP contribution in [0.2, 0.25) is 0 Å². The molecule has 0 radical (unpaired) electrons. The number of allylic oxidation sites excluding steroid dienone is 1. The average Bonchev–Trinajstić information content (AvgIpc) is 3.31. The minimum atomic E-state index is -3.13. The SMILES string of the molecule is C=C1N=C(CCc2cc(F)c(Cc3ccnc(C(C)(F)F)c3)c(F)c2)C=C2N1CC1CC(N)CN21. The van der Waals surface area contributed by atoms with Gasteiger partial charge in [-0.05, 0) is 54.7 Å². The highest BCUT2D eigenvalue weighted by atomic mass is 19.3. The highest BCUT2D eigenvalue weighted by molar-refractivity contribution is 5.97. The third-order valence-electron chi connectivity index (χ3n) is 6.82. The summed E-state index contributed by atoms with van der Waals surface area (Å²) in [5, 5.41) is 0. The third-order valence-corrected chi connectivity index (χ3v) is 6.82. The van der Waals surface area contributed by atoms with Gasteiger partial charge >= 0.3 is 0 Å². The van der Waals surface area contributed by atoms with Gasteiger partial charge in [0.1, 0.15) is 29.0 Å². The molecule has 5 nitrogen and oxygen atoms in total. The van der Waals surface area contributed by atoms with Crippen molar-refractivity contribution in [2.45, 2.75) is 50.6 Å². The standard InChI is InChI=1S/C26H27F4N5/c1-15-33-19(12-25-34(15)14-20-11-18(31)13-35(20)25)4-3-16-8-22(27)21(23(28)9-16)7-17-5-6-32-24(10-17)26(2,29)30/h5-6,8-10,12,18,20H,1,3-4,7,11,13-14,31H2,2H3. The molecule has 184 valence electrons.